The summed E-state index contributed by atoms with van der Waals surface area (Å²) in [5.41, 5.74) is 1.25. The number of aromatic nitrogens is 2. The van der Waals surface area contributed by atoms with Crippen molar-refractivity contribution in [1.29, 1.82) is 0 Å². The summed E-state index contributed by atoms with van der Waals surface area (Å²) >= 11 is 0. The second kappa shape index (κ2) is 5.93. The lowest BCUT2D eigenvalue weighted by atomic mass is 10.2. The first kappa shape index (κ1) is 12.3. The number of hydrogen-bond donors (Lipinski definition) is 1. The number of carbonyl (C=O) groups excluding carboxylic acids is 1. The highest BCUT2D eigenvalue weighted by Gasteiger charge is 2.16. The Balaban J connectivity index is 2.77. The van der Waals surface area contributed by atoms with Crippen molar-refractivity contribution in [3.8, 4) is 12.3 Å². The van der Waals surface area contributed by atoms with Crippen molar-refractivity contribution in [2.45, 2.75) is 13.5 Å². The van der Waals surface area contributed by atoms with Crippen molar-refractivity contribution in [3.63, 3.8) is 0 Å². The highest BCUT2D eigenvalue weighted by molar-refractivity contribution is 5.90. The number of ether oxygens (including phenoxy) is 1. The number of nitrogens with one attached hydrogen (secondary N) is 1. The fraction of sp³-hybridized carbons (Fsp3) is 0.455. The molecule has 0 atom stereocenters. The number of hydrogen-bond acceptors (Lipinski definition) is 4. The molecule has 0 aromatic carbocycles. The summed E-state index contributed by atoms with van der Waals surface area (Å²) in [5.74, 6) is 2.11. The van der Waals surface area contributed by atoms with Gasteiger partial charge in [-0.25, -0.2) is 4.79 Å². The molecule has 1 N–H and O–H groups in total. The zero-order valence-electron chi connectivity index (χ0n) is 9.49. The summed E-state index contributed by atoms with van der Waals surface area (Å²) in [6.07, 6.45) is 6.63. The minimum Gasteiger partial charge on any atom is -0.462 e. The van der Waals surface area contributed by atoms with Crippen LogP contribution in [0.25, 0.3) is 0 Å². The van der Waals surface area contributed by atoms with Gasteiger partial charge in [0.1, 0.15) is 5.56 Å². The maximum atomic E-state index is 11.6. The van der Waals surface area contributed by atoms with E-state index in [4.69, 9.17) is 11.2 Å². The SMILES string of the molecule is C#CCNCc1c(C(=O)OCC)cnn1C. The standard InChI is InChI=1S/C11H15N3O2/c1-4-6-12-8-10-9(7-13-14(10)3)11(15)16-5-2/h1,7,12H,5-6,8H2,2-3H3. The third kappa shape index (κ3) is 2.84. The Morgan fingerprint density at radius 3 is 3.12 bits per heavy atom. The van der Waals surface area contributed by atoms with Gasteiger partial charge in [-0.2, -0.15) is 5.10 Å². The minimum atomic E-state index is -0.354. The molecule has 0 fully saturated rings. The maximum Gasteiger partial charge on any atom is 0.341 e. The van der Waals surface area contributed by atoms with Crippen LogP contribution in [-0.4, -0.2) is 28.9 Å². The highest BCUT2D eigenvalue weighted by Crippen LogP contribution is 2.08. The van der Waals surface area contributed by atoms with Gasteiger partial charge in [0.2, 0.25) is 0 Å². The molecule has 0 aliphatic heterocycles. The van der Waals surface area contributed by atoms with Crippen molar-refractivity contribution in [1.82, 2.24) is 15.1 Å². The second-order valence-corrected chi connectivity index (χ2v) is 3.16. The van der Waals surface area contributed by atoms with E-state index in [9.17, 15) is 4.79 Å². The fourth-order valence-corrected chi connectivity index (χ4v) is 1.30. The van der Waals surface area contributed by atoms with Crippen LogP contribution in [0.2, 0.25) is 0 Å². The first-order valence-electron chi connectivity index (χ1n) is 5.02. The minimum absolute atomic E-state index is 0.352. The van der Waals surface area contributed by atoms with Crippen LogP contribution in [0.4, 0.5) is 0 Å². The molecule has 0 amide bonds. The third-order valence-electron chi connectivity index (χ3n) is 2.08. The van der Waals surface area contributed by atoms with E-state index in [1.165, 1.54) is 6.20 Å². The van der Waals surface area contributed by atoms with E-state index in [2.05, 4.69) is 16.3 Å². The third-order valence-corrected chi connectivity index (χ3v) is 2.08. The molecule has 0 aliphatic rings. The quantitative estimate of drug-likeness (QED) is 0.442. The summed E-state index contributed by atoms with van der Waals surface area (Å²) in [6, 6.07) is 0. The lowest BCUT2D eigenvalue weighted by Gasteiger charge is -2.05. The first-order chi connectivity index (χ1) is 7.70. The molecule has 1 heterocycles. The lowest BCUT2D eigenvalue weighted by Crippen LogP contribution is -2.18. The van der Waals surface area contributed by atoms with Crippen molar-refractivity contribution in [2.24, 2.45) is 7.05 Å². The first-order valence-corrected chi connectivity index (χ1v) is 5.02. The van der Waals surface area contributed by atoms with Crippen LogP contribution in [0.3, 0.4) is 0 Å². The molecule has 1 aromatic heterocycles. The molecule has 0 aliphatic carbocycles. The number of carbonyl (C=O) groups is 1. The van der Waals surface area contributed by atoms with E-state index in [0.717, 1.165) is 5.69 Å². The molecule has 5 nitrogen and oxygen atoms in total. The Labute approximate surface area is 94.8 Å². The Bertz CT molecular complexity index is 404. The molecule has 0 saturated heterocycles. The summed E-state index contributed by atoms with van der Waals surface area (Å²) in [4.78, 5) is 11.6. The molecule has 86 valence electrons. The second-order valence-electron chi connectivity index (χ2n) is 3.16. The van der Waals surface area contributed by atoms with E-state index in [0.29, 0.717) is 25.3 Å². The maximum absolute atomic E-state index is 11.6. The normalized spacial score (nSPS) is 9.81. The van der Waals surface area contributed by atoms with E-state index in [1.807, 2.05) is 0 Å². The zero-order chi connectivity index (χ0) is 12.0. The van der Waals surface area contributed by atoms with Crippen LogP contribution < -0.4 is 5.32 Å². The molecule has 0 spiro atoms. The molecule has 5 heteroatoms. The number of rotatable bonds is 5. The van der Waals surface area contributed by atoms with E-state index in [1.54, 1.807) is 18.7 Å². The Morgan fingerprint density at radius 1 is 1.75 bits per heavy atom. The summed E-state index contributed by atoms with van der Waals surface area (Å²) in [5, 5.41) is 7.03. The van der Waals surface area contributed by atoms with Crippen LogP contribution in [0, 0.1) is 12.3 Å². The monoisotopic (exact) mass is 221 g/mol. The van der Waals surface area contributed by atoms with Crippen LogP contribution in [-0.2, 0) is 18.3 Å². The molecule has 0 radical (unpaired) electrons. The molecule has 0 unspecified atom stereocenters. The van der Waals surface area contributed by atoms with Gasteiger partial charge in [-0.3, -0.25) is 4.68 Å². The number of esters is 1. The molecular weight excluding hydrogens is 206 g/mol. The molecule has 0 bridgehead atoms. The van der Waals surface area contributed by atoms with Crippen LogP contribution in [0.15, 0.2) is 6.20 Å². The van der Waals surface area contributed by atoms with Gasteiger partial charge in [0.05, 0.1) is 25.0 Å². The topological polar surface area (TPSA) is 56.1 Å². The van der Waals surface area contributed by atoms with Gasteiger partial charge in [0, 0.05) is 13.6 Å². The number of terminal acetylenes is 1. The smallest absolute Gasteiger partial charge is 0.341 e. The molecule has 1 rings (SSSR count). The molecule has 1 aromatic rings. The molecule has 16 heavy (non-hydrogen) atoms. The average molecular weight is 221 g/mol. The van der Waals surface area contributed by atoms with Gasteiger partial charge in [-0.1, -0.05) is 5.92 Å². The molecule has 0 saturated carbocycles. The van der Waals surface area contributed by atoms with Gasteiger partial charge in [0.25, 0.3) is 0 Å². The fourth-order valence-electron chi connectivity index (χ4n) is 1.30. The average Bonchev–Trinajstić information content (AvgIpc) is 2.61. The predicted octanol–water partition coefficient (Wildman–Crippen LogP) is 0.320. The van der Waals surface area contributed by atoms with Gasteiger partial charge < -0.3 is 10.1 Å². The highest BCUT2D eigenvalue weighted by atomic mass is 16.5. The van der Waals surface area contributed by atoms with E-state index < -0.39 is 0 Å². The zero-order valence-corrected chi connectivity index (χ0v) is 9.49. The van der Waals surface area contributed by atoms with Crippen LogP contribution >= 0.6 is 0 Å². The predicted molar refractivity (Wildman–Crippen MR) is 59.7 cm³/mol. The Kier molecular flexibility index (Phi) is 4.55. The van der Waals surface area contributed by atoms with Crippen molar-refractivity contribution >= 4 is 5.97 Å². The summed E-state index contributed by atoms with van der Waals surface area (Å²) in [6.45, 7) is 3.07. The largest absolute Gasteiger partial charge is 0.462 e. The molecular formula is C11H15N3O2. The van der Waals surface area contributed by atoms with Gasteiger partial charge >= 0.3 is 5.97 Å². The van der Waals surface area contributed by atoms with Crippen molar-refractivity contribution < 1.29 is 9.53 Å². The Morgan fingerprint density at radius 2 is 2.50 bits per heavy atom. The van der Waals surface area contributed by atoms with E-state index in [-0.39, 0.29) is 5.97 Å². The van der Waals surface area contributed by atoms with Gasteiger partial charge in [-0.05, 0) is 6.92 Å². The lowest BCUT2D eigenvalue weighted by molar-refractivity contribution is 0.0524. The van der Waals surface area contributed by atoms with Crippen LogP contribution in [0.1, 0.15) is 23.0 Å². The van der Waals surface area contributed by atoms with Gasteiger partial charge in [0.15, 0.2) is 0 Å². The van der Waals surface area contributed by atoms with Crippen molar-refractivity contribution in [2.75, 3.05) is 13.2 Å². The number of nitrogens with zero attached hydrogens (tertiary/aromatic N) is 2. The summed E-state index contributed by atoms with van der Waals surface area (Å²) < 4.78 is 6.56. The Hall–Kier alpha value is -1.80. The van der Waals surface area contributed by atoms with Crippen LogP contribution in [0.5, 0.6) is 0 Å². The van der Waals surface area contributed by atoms with E-state index >= 15 is 0 Å². The van der Waals surface area contributed by atoms with Crippen molar-refractivity contribution in [3.05, 3.63) is 17.5 Å². The summed E-state index contributed by atoms with van der Waals surface area (Å²) in [7, 11) is 1.77. The number of aryl methyl sites for hydroxylation is 1. The van der Waals surface area contributed by atoms with Gasteiger partial charge in [-0.15, -0.1) is 6.42 Å².